The fourth-order valence-corrected chi connectivity index (χ4v) is 1.75. The molecule has 0 atom stereocenters. The van der Waals surface area contributed by atoms with Gasteiger partial charge in [0, 0.05) is 5.57 Å². The number of allylic oxidation sites excluding steroid dienone is 4. The molecule has 1 aliphatic carbocycles. The molecule has 0 N–H and O–H groups in total. The van der Waals surface area contributed by atoms with E-state index in [9.17, 15) is 9.59 Å². The first kappa shape index (κ1) is 11.1. The molecule has 0 aliphatic heterocycles. The lowest BCUT2D eigenvalue weighted by Gasteiger charge is -2.11. The van der Waals surface area contributed by atoms with Gasteiger partial charge in [-0.05, 0) is 11.6 Å². The summed E-state index contributed by atoms with van der Waals surface area (Å²) in [5.74, 6) is -0.859. The second kappa shape index (κ2) is 4.24. The van der Waals surface area contributed by atoms with Gasteiger partial charge in [-0.25, -0.2) is 0 Å². The van der Waals surface area contributed by atoms with Crippen LogP contribution in [0.4, 0.5) is 0 Å². The highest BCUT2D eigenvalue weighted by atomic mass is 35.5. The topological polar surface area (TPSA) is 34.1 Å². The van der Waals surface area contributed by atoms with Gasteiger partial charge < -0.3 is 0 Å². The van der Waals surface area contributed by atoms with E-state index < -0.39 is 11.6 Å². The van der Waals surface area contributed by atoms with Crippen molar-refractivity contribution in [1.29, 1.82) is 0 Å². The average Bonchev–Trinajstić information content (AvgIpc) is 2.32. The quantitative estimate of drug-likeness (QED) is 0.721. The monoisotopic (exact) mass is 252 g/mol. The van der Waals surface area contributed by atoms with E-state index in [-0.39, 0.29) is 15.6 Å². The number of carbonyl (C=O) groups is 2. The summed E-state index contributed by atoms with van der Waals surface area (Å²) in [6.45, 7) is 0. The normalized spacial score (nSPS) is 16.5. The van der Waals surface area contributed by atoms with Gasteiger partial charge in [-0.3, -0.25) is 9.59 Å². The molecule has 2 rings (SSSR count). The number of hydrogen-bond acceptors (Lipinski definition) is 2. The fraction of sp³-hybridized carbons (Fsp3) is 0. The maximum absolute atomic E-state index is 11.8. The third kappa shape index (κ3) is 1.82. The Hall–Kier alpha value is -1.38. The molecule has 1 aliphatic rings. The SMILES string of the molecule is O=C1C=C(c2ccccc2)C(=O)C(Cl)=C1Cl. The van der Waals surface area contributed by atoms with Gasteiger partial charge in [0.05, 0.1) is 0 Å². The molecule has 1 aromatic rings. The number of benzene rings is 1. The third-order valence-corrected chi connectivity index (χ3v) is 3.05. The van der Waals surface area contributed by atoms with Crippen LogP contribution in [0.15, 0.2) is 46.5 Å². The van der Waals surface area contributed by atoms with Crippen LogP contribution in [0.1, 0.15) is 5.56 Å². The molecule has 0 amide bonds. The molecule has 80 valence electrons. The first-order chi connectivity index (χ1) is 7.61. The molecule has 0 aromatic heterocycles. The van der Waals surface area contributed by atoms with Crippen molar-refractivity contribution in [2.45, 2.75) is 0 Å². The largest absolute Gasteiger partial charge is 0.288 e. The Kier molecular flexibility index (Phi) is 2.95. The molecule has 0 unspecified atom stereocenters. The summed E-state index contributed by atoms with van der Waals surface area (Å²) in [6, 6.07) is 8.86. The van der Waals surface area contributed by atoms with Crippen molar-refractivity contribution in [2.75, 3.05) is 0 Å². The number of ketones is 2. The van der Waals surface area contributed by atoms with Crippen LogP contribution >= 0.6 is 23.2 Å². The first-order valence-electron chi connectivity index (χ1n) is 4.52. The van der Waals surface area contributed by atoms with Crippen molar-refractivity contribution in [3.8, 4) is 0 Å². The number of carbonyl (C=O) groups excluding carboxylic acids is 2. The zero-order valence-electron chi connectivity index (χ0n) is 8.04. The van der Waals surface area contributed by atoms with Crippen molar-refractivity contribution in [3.63, 3.8) is 0 Å². The van der Waals surface area contributed by atoms with E-state index in [1.807, 2.05) is 6.07 Å². The molecule has 0 saturated carbocycles. The highest BCUT2D eigenvalue weighted by Gasteiger charge is 2.26. The summed E-state index contributed by atoms with van der Waals surface area (Å²) >= 11 is 11.3. The fourth-order valence-electron chi connectivity index (χ4n) is 1.42. The molecular formula is C12H6Cl2O2. The molecule has 0 radical (unpaired) electrons. The minimum atomic E-state index is -0.440. The number of hydrogen-bond donors (Lipinski definition) is 0. The minimum Gasteiger partial charge on any atom is -0.288 e. The lowest BCUT2D eigenvalue weighted by molar-refractivity contribution is -0.113. The van der Waals surface area contributed by atoms with E-state index in [0.717, 1.165) is 0 Å². The summed E-state index contributed by atoms with van der Waals surface area (Å²) in [7, 11) is 0. The van der Waals surface area contributed by atoms with Crippen molar-refractivity contribution >= 4 is 40.3 Å². The molecular weight excluding hydrogens is 247 g/mol. The summed E-state index contributed by atoms with van der Waals surface area (Å²) in [5.41, 5.74) is 0.933. The predicted octanol–water partition coefficient (Wildman–Crippen LogP) is 2.91. The van der Waals surface area contributed by atoms with Gasteiger partial charge in [-0.1, -0.05) is 53.5 Å². The van der Waals surface area contributed by atoms with Crippen molar-refractivity contribution < 1.29 is 9.59 Å². The number of Topliss-reactive ketones (excluding diaryl/α,β-unsaturated/α-hetero) is 1. The van der Waals surface area contributed by atoms with Gasteiger partial charge in [0.15, 0.2) is 5.78 Å². The summed E-state index contributed by atoms with van der Waals surface area (Å²) in [4.78, 5) is 23.2. The minimum absolute atomic E-state index is 0.215. The summed E-state index contributed by atoms with van der Waals surface area (Å²) in [5, 5.41) is -0.431. The highest BCUT2D eigenvalue weighted by Crippen LogP contribution is 2.29. The second-order valence-corrected chi connectivity index (χ2v) is 4.00. The van der Waals surface area contributed by atoms with Gasteiger partial charge in [0.1, 0.15) is 10.1 Å². The van der Waals surface area contributed by atoms with Crippen molar-refractivity contribution in [1.82, 2.24) is 0 Å². The number of halogens is 2. The van der Waals surface area contributed by atoms with Crippen LogP contribution in [0.2, 0.25) is 0 Å². The Morgan fingerprint density at radius 3 is 2.12 bits per heavy atom. The van der Waals surface area contributed by atoms with E-state index in [1.54, 1.807) is 24.3 Å². The average molecular weight is 253 g/mol. The first-order valence-corrected chi connectivity index (χ1v) is 5.28. The Morgan fingerprint density at radius 2 is 1.50 bits per heavy atom. The third-order valence-electron chi connectivity index (χ3n) is 2.21. The maximum Gasteiger partial charge on any atom is 0.206 e. The van der Waals surface area contributed by atoms with Crippen LogP contribution in [0.3, 0.4) is 0 Å². The summed E-state index contributed by atoms with van der Waals surface area (Å²) in [6.07, 6.45) is 1.21. The van der Waals surface area contributed by atoms with Gasteiger partial charge >= 0.3 is 0 Å². The maximum atomic E-state index is 11.8. The van der Waals surface area contributed by atoms with Crippen LogP contribution in [0, 0.1) is 0 Å². The molecule has 0 heterocycles. The molecule has 2 nitrogen and oxygen atoms in total. The molecule has 16 heavy (non-hydrogen) atoms. The van der Waals surface area contributed by atoms with Crippen LogP contribution in [-0.4, -0.2) is 11.6 Å². The Labute approximate surface area is 102 Å². The van der Waals surface area contributed by atoms with Crippen LogP contribution < -0.4 is 0 Å². The van der Waals surface area contributed by atoms with Gasteiger partial charge in [-0.15, -0.1) is 0 Å². The van der Waals surface area contributed by atoms with E-state index in [2.05, 4.69) is 0 Å². The van der Waals surface area contributed by atoms with Gasteiger partial charge in [-0.2, -0.15) is 0 Å². The molecule has 0 saturated heterocycles. The van der Waals surface area contributed by atoms with Crippen molar-refractivity contribution in [3.05, 3.63) is 52.0 Å². The molecule has 4 heteroatoms. The smallest absolute Gasteiger partial charge is 0.206 e. The molecule has 0 fully saturated rings. The molecule has 0 spiro atoms. The van der Waals surface area contributed by atoms with Crippen LogP contribution in [0.5, 0.6) is 0 Å². The predicted molar refractivity (Wildman–Crippen MR) is 63.2 cm³/mol. The Morgan fingerprint density at radius 1 is 0.875 bits per heavy atom. The lowest BCUT2D eigenvalue weighted by atomic mass is 9.96. The van der Waals surface area contributed by atoms with E-state index >= 15 is 0 Å². The van der Waals surface area contributed by atoms with Crippen LogP contribution in [-0.2, 0) is 9.59 Å². The van der Waals surface area contributed by atoms with E-state index in [4.69, 9.17) is 23.2 Å². The van der Waals surface area contributed by atoms with Crippen LogP contribution in [0.25, 0.3) is 5.57 Å². The van der Waals surface area contributed by atoms with Gasteiger partial charge in [0.2, 0.25) is 5.78 Å². The number of rotatable bonds is 1. The Bertz CT molecular complexity index is 527. The molecule has 0 bridgehead atoms. The Balaban J connectivity index is 2.50. The van der Waals surface area contributed by atoms with E-state index in [1.165, 1.54) is 6.08 Å². The highest BCUT2D eigenvalue weighted by molar-refractivity contribution is 6.62. The van der Waals surface area contributed by atoms with Gasteiger partial charge in [0.25, 0.3) is 0 Å². The lowest BCUT2D eigenvalue weighted by Crippen LogP contribution is -2.13. The standard InChI is InChI=1S/C12H6Cl2O2/c13-10-9(15)6-8(12(16)11(10)14)7-4-2-1-3-5-7/h1-6H. The van der Waals surface area contributed by atoms with Crippen molar-refractivity contribution in [2.24, 2.45) is 0 Å². The summed E-state index contributed by atoms with van der Waals surface area (Å²) < 4.78 is 0. The zero-order valence-corrected chi connectivity index (χ0v) is 9.55. The zero-order chi connectivity index (χ0) is 11.7. The second-order valence-electron chi connectivity index (χ2n) is 3.25. The van der Waals surface area contributed by atoms with E-state index in [0.29, 0.717) is 5.56 Å². The molecule has 1 aromatic carbocycles.